The molecule has 0 amide bonds. The number of hydrogen-bond acceptors (Lipinski definition) is 3. The van der Waals surface area contributed by atoms with Gasteiger partial charge in [-0.3, -0.25) is 4.79 Å². The van der Waals surface area contributed by atoms with Crippen molar-refractivity contribution in [3.05, 3.63) is 27.4 Å². The number of rotatable bonds is 2. The Kier molecular flexibility index (Phi) is 2.32. The van der Waals surface area contributed by atoms with E-state index in [-0.39, 0.29) is 11.6 Å². The van der Waals surface area contributed by atoms with E-state index in [0.717, 1.165) is 36.9 Å². The zero-order valence-electron chi connectivity index (χ0n) is 9.33. The van der Waals surface area contributed by atoms with Gasteiger partial charge in [-0.05, 0) is 44.4 Å². The molecule has 0 aliphatic heterocycles. The van der Waals surface area contributed by atoms with Crippen molar-refractivity contribution < 1.29 is 0 Å². The van der Waals surface area contributed by atoms with Crippen LogP contribution in [0.3, 0.4) is 0 Å². The van der Waals surface area contributed by atoms with Crippen LogP contribution < -0.4 is 11.3 Å². The minimum Gasteiger partial charge on any atom is -0.321 e. The van der Waals surface area contributed by atoms with Crippen LogP contribution in [0.2, 0.25) is 0 Å². The highest BCUT2D eigenvalue weighted by Gasteiger charge is 2.31. The van der Waals surface area contributed by atoms with E-state index in [9.17, 15) is 4.79 Å². The summed E-state index contributed by atoms with van der Waals surface area (Å²) in [5.41, 5.74) is 7.98. The molecule has 0 radical (unpaired) electrons. The molecule has 0 bridgehead atoms. The zero-order chi connectivity index (χ0) is 11.1. The number of nitrogens with zero attached hydrogens (tertiary/aromatic N) is 1. The lowest BCUT2D eigenvalue weighted by Gasteiger charge is -2.16. The first-order valence-electron chi connectivity index (χ1n) is 6.13. The molecule has 1 heterocycles. The molecule has 0 saturated heterocycles. The van der Waals surface area contributed by atoms with Gasteiger partial charge in [0.15, 0.2) is 0 Å². The monoisotopic (exact) mass is 219 g/mol. The van der Waals surface area contributed by atoms with Crippen molar-refractivity contribution in [2.45, 2.75) is 44.6 Å². The standard InChI is InChI=1S/C12H17N3O/c13-10(7-5-6-7)11-14-9-4-2-1-3-8(9)12(16)15-11/h7,10H,1-6,13H2,(H,14,15,16). The van der Waals surface area contributed by atoms with Crippen LogP contribution in [-0.2, 0) is 12.8 Å². The van der Waals surface area contributed by atoms with E-state index < -0.39 is 0 Å². The van der Waals surface area contributed by atoms with Gasteiger partial charge in [0.2, 0.25) is 0 Å². The summed E-state index contributed by atoms with van der Waals surface area (Å²) in [5, 5.41) is 0. The summed E-state index contributed by atoms with van der Waals surface area (Å²) in [6.07, 6.45) is 6.39. The molecule has 86 valence electrons. The maximum atomic E-state index is 11.9. The SMILES string of the molecule is NC(c1nc2c(c(=O)[nH]1)CCCC2)C1CC1. The number of aryl methyl sites for hydroxylation is 1. The molecule has 1 aromatic rings. The molecule has 1 aromatic heterocycles. The Balaban J connectivity index is 2.00. The third-order valence-electron chi connectivity index (χ3n) is 3.66. The van der Waals surface area contributed by atoms with Gasteiger partial charge in [-0.1, -0.05) is 0 Å². The Hall–Kier alpha value is -1.16. The third-order valence-corrected chi connectivity index (χ3v) is 3.66. The van der Waals surface area contributed by atoms with Crippen LogP contribution >= 0.6 is 0 Å². The fraction of sp³-hybridized carbons (Fsp3) is 0.667. The summed E-state index contributed by atoms with van der Waals surface area (Å²) in [6.45, 7) is 0. The topological polar surface area (TPSA) is 71.8 Å². The van der Waals surface area contributed by atoms with E-state index in [1.807, 2.05) is 0 Å². The van der Waals surface area contributed by atoms with Gasteiger partial charge in [-0.15, -0.1) is 0 Å². The van der Waals surface area contributed by atoms with Gasteiger partial charge < -0.3 is 10.7 Å². The van der Waals surface area contributed by atoms with Crippen molar-refractivity contribution >= 4 is 0 Å². The van der Waals surface area contributed by atoms with Crippen molar-refractivity contribution in [2.24, 2.45) is 11.7 Å². The average molecular weight is 219 g/mol. The van der Waals surface area contributed by atoms with Gasteiger partial charge in [-0.25, -0.2) is 4.98 Å². The first-order valence-corrected chi connectivity index (χ1v) is 6.13. The summed E-state index contributed by atoms with van der Waals surface area (Å²) in [6, 6.07) is -0.0695. The molecule has 16 heavy (non-hydrogen) atoms. The molecule has 0 aromatic carbocycles. The second-order valence-electron chi connectivity index (χ2n) is 4.95. The number of nitrogens with two attached hydrogens (primary N) is 1. The van der Waals surface area contributed by atoms with Crippen molar-refractivity contribution in [2.75, 3.05) is 0 Å². The first-order chi connectivity index (χ1) is 7.75. The molecule has 3 rings (SSSR count). The zero-order valence-corrected chi connectivity index (χ0v) is 9.33. The van der Waals surface area contributed by atoms with Crippen molar-refractivity contribution in [1.29, 1.82) is 0 Å². The van der Waals surface area contributed by atoms with Crippen LogP contribution in [0, 0.1) is 5.92 Å². The lowest BCUT2D eigenvalue weighted by atomic mass is 9.97. The summed E-state index contributed by atoms with van der Waals surface area (Å²) in [5.74, 6) is 1.23. The molecular formula is C12H17N3O. The number of fused-ring (bicyclic) bond motifs is 1. The minimum absolute atomic E-state index is 0.0378. The van der Waals surface area contributed by atoms with Gasteiger partial charge in [0.25, 0.3) is 5.56 Å². The second-order valence-corrected chi connectivity index (χ2v) is 4.95. The van der Waals surface area contributed by atoms with Crippen molar-refractivity contribution in [3.63, 3.8) is 0 Å². The quantitative estimate of drug-likeness (QED) is 0.781. The molecule has 4 heteroatoms. The van der Waals surface area contributed by atoms with Gasteiger partial charge in [0, 0.05) is 5.56 Å². The number of nitrogens with one attached hydrogen (secondary N) is 1. The molecule has 1 saturated carbocycles. The average Bonchev–Trinajstić information content (AvgIpc) is 3.12. The Labute approximate surface area is 94.3 Å². The Morgan fingerprint density at radius 1 is 1.31 bits per heavy atom. The van der Waals surface area contributed by atoms with Crippen LogP contribution in [-0.4, -0.2) is 9.97 Å². The van der Waals surface area contributed by atoms with Gasteiger partial charge in [0.1, 0.15) is 5.82 Å². The van der Waals surface area contributed by atoms with Crippen LogP contribution in [0.15, 0.2) is 4.79 Å². The van der Waals surface area contributed by atoms with Gasteiger partial charge in [-0.2, -0.15) is 0 Å². The number of aromatic amines is 1. The number of hydrogen-bond donors (Lipinski definition) is 2. The highest BCUT2D eigenvalue weighted by Crippen LogP contribution is 2.38. The molecule has 1 atom stereocenters. The van der Waals surface area contributed by atoms with E-state index in [1.54, 1.807) is 0 Å². The molecule has 2 aliphatic carbocycles. The maximum Gasteiger partial charge on any atom is 0.254 e. The van der Waals surface area contributed by atoms with E-state index >= 15 is 0 Å². The normalized spacial score (nSPS) is 21.6. The number of H-pyrrole nitrogens is 1. The highest BCUT2D eigenvalue weighted by atomic mass is 16.1. The van der Waals surface area contributed by atoms with Gasteiger partial charge in [0.05, 0.1) is 11.7 Å². The Bertz CT molecular complexity index is 462. The fourth-order valence-electron chi connectivity index (χ4n) is 2.46. The molecule has 4 nitrogen and oxygen atoms in total. The van der Waals surface area contributed by atoms with Crippen molar-refractivity contribution in [3.8, 4) is 0 Å². The predicted octanol–water partition coefficient (Wildman–Crippen LogP) is 1.06. The molecule has 1 unspecified atom stereocenters. The largest absolute Gasteiger partial charge is 0.321 e. The fourth-order valence-corrected chi connectivity index (χ4v) is 2.46. The molecular weight excluding hydrogens is 202 g/mol. The second kappa shape index (κ2) is 3.70. The maximum absolute atomic E-state index is 11.9. The Morgan fingerprint density at radius 2 is 2.06 bits per heavy atom. The number of aromatic nitrogens is 2. The predicted molar refractivity (Wildman–Crippen MR) is 61.2 cm³/mol. The lowest BCUT2D eigenvalue weighted by Crippen LogP contribution is -2.27. The van der Waals surface area contributed by atoms with Crippen LogP contribution in [0.4, 0.5) is 0 Å². The Morgan fingerprint density at radius 3 is 2.81 bits per heavy atom. The van der Waals surface area contributed by atoms with E-state index in [2.05, 4.69) is 9.97 Å². The van der Waals surface area contributed by atoms with Crippen LogP contribution in [0.25, 0.3) is 0 Å². The van der Waals surface area contributed by atoms with Crippen molar-refractivity contribution in [1.82, 2.24) is 9.97 Å². The van der Waals surface area contributed by atoms with Crippen LogP contribution in [0.5, 0.6) is 0 Å². The van der Waals surface area contributed by atoms with E-state index in [4.69, 9.17) is 5.73 Å². The first kappa shape index (κ1) is 10.0. The molecule has 2 aliphatic rings. The van der Waals surface area contributed by atoms with E-state index in [1.165, 1.54) is 12.8 Å². The lowest BCUT2D eigenvalue weighted by molar-refractivity contribution is 0.570. The smallest absolute Gasteiger partial charge is 0.254 e. The summed E-state index contributed by atoms with van der Waals surface area (Å²) >= 11 is 0. The third kappa shape index (κ3) is 1.67. The summed E-state index contributed by atoms with van der Waals surface area (Å²) in [7, 11) is 0. The van der Waals surface area contributed by atoms with E-state index in [0.29, 0.717) is 11.7 Å². The summed E-state index contributed by atoms with van der Waals surface area (Å²) < 4.78 is 0. The summed E-state index contributed by atoms with van der Waals surface area (Å²) in [4.78, 5) is 19.3. The molecule has 0 spiro atoms. The highest BCUT2D eigenvalue weighted by molar-refractivity contribution is 5.21. The molecule has 3 N–H and O–H groups in total. The molecule has 1 fully saturated rings. The van der Waals surface area contributed by atoms with Crippen LogP contribution in [0.1, 0.15) is 48.8 Å². The van der Waals surface area contributed by atoms with Gasteiger partial charge >= 0.3 is 0 Å². The minimum atomic E-state index is -0.0695.